The second-order valence-electron chi connectivity index (χ2n) is 3.47. The summed E-state index contributed by atoms with van der Waals surface area (Å²) in [6, 6.07) is 5.22. The van der Waals surface area contributed by atoms with Gasteiger partial charge in [0.25, 0.3) is 0 Å². The second-order valence-corrected chi connectivity index (χ2v) is 3.47. The van der Waals surface area contributed by atoms with Gasteiger partial charge in [0.15, 0.2) is 5.69 Å². The smallest absolute Gasteiger partial charge is 0.388 e. The first kappa shape index (κ1) is 10.2. The van der Waals surface area contributed by atoms with Crippen LogP contribution in [0.25, 0.3) is 16.3 Å². The summed E-state index contributed by atoms with van der Waals surface area (Å²) in [5.41, 5.74) is 2.07. The van der Waals surface area contributed by atoms with Crippen LogP contribution in [0.15, 0.2) is 27.4 Å². The highest BCUT2D eigenvalue weighted by Crippen LogP contribution is 2.24. The van der Waals surface area contributed by atoms with Crippen LogP contribution in [-0.4, -0.2) is 9.78 Å². The number of benzene rings is 1. The molecule has 0 saturated heterocycles. The molecular weight excluding hydrogens is 206 g/mol. The lowest BCUT2D eigenvalue weighted by Crippen LogP contribution is -2.09. The van der Waals surface area contributed by atoms with Crippen LogP contribution in [0.4, 0.5) is 5.69 Å². The normalized spacial score (nSPS) is 10.1. The topological polar surface area (TPSA) is 52.4 Å². The Morgan fingerprint density at radius 3 is 2.75 bits per heavy atom. The monoisotopic (exact) mass is 215 g/mol. The van der Waals surface area contributed by atoms with Crippen LogP contribution < -0.4 is 5.76 Å². The minimum atomic E-state index is -0.513. The minimum Gasteiger partial charge on any atom is -0.388 e. The van der Waals surface area contributed by atoms with E-state index in [-0.39, 0.29) is 5.89 Å². The lowest BCUT2D eigenvalue weighted by atomic mass is 10.1. The molecule has 0 aliphatic carbocycles. The lowest BCUT2D eigenvalue weighted by Gasteiger charge is -1.98. The number of aromatic nitrogens is 2. The zero-order valence-corrected chi connectivity index (χ0v) is 8.89. The molecule has 16 heavy (non-hydrogen) atoms. The molecule has 5 nitrogen and oxygen atoms in total. The third kappa shape index (κ3) is 1.73. The number of hydrogen-bond acceptors (Lipinski definition) is 3. The van der Waals surface area contributed by atoms with Crippen molar-refractivity contribution in [1.29, 1.82) is 0 Å². The first-order valence-electron chi connectivity index (χ1n) is 4.64. The zero-order valence-electron chi connectivity index (χ0n) is 8.89. The van der Waals surface area contributed by atoms with Gasteiger partial charge in [0.05, 0.1) is 6.57 Å². The maximum atomic E-state index is 11.1. The van der Waals surface area contributed by atoms with Gasteiger partial charge in [0.1, 0.15) is 0 Å². The molecule has 0 amide bonds. The summed E-state index contributed by atoms with van der Waals surface area (Å²) in [5.74, 6) is -0.276. The van der Waals surface area contributed by atoms with Crippen molar-refractivity contribution in [3.63, 3.8) is 0 Å². The van der Waals surface area contributed by atoms with E-state index in [1.807, 2.05) is 13.0 Å². The Morgan fingerprint density at radius 2 is 2.19 bits per heavy atom. The van der Waals surface area contributed by atoms with Gasteiger partial charge in [-0.1, -0.05) is 11.6 Å². The Bertz CT molecular complexity index is 631. The average molecular weight is 215 g/mol. The van der Waals surface area contributed by atoms with Crippen LogP contribution >= 0.6 is 0 Å². The van der Waals surface area contributed by atoms with E-state index >= 15 is 0 Å². The van der Waals surface area contributed by atoms with Crippen molar-refractivity contribution in [2.24, 2.45) is 7.05 Å². The molecule has 5 heteroatoms. The lowest BCUT2D eigenvalue weighted by molar-refractivity contribution is 0.505. The molecule has 0 saturated carbocycles. The highest BCUT2D eigenvalue weighted by atomic mass is 16.4. The molecule has 80 valence electrons. The van der Waals surface area contributed by atoms with Gasteiger partial charge in [0, 0.05) is 12.6 Å². The summed E-state index contributed by atoms with van der Waals surface area (Å²) in [4.78, 5) is 14.5. The molecule has 0 fully saturated rings. The maximum Gasteiger partial charge on any atom is 0.437 e. The number of hydrogen-bond donors (Lipinski definition) is 0. The molecule has 0 aliphatic rings. The summed E-state index contributed by atoms with van der Waals surface area (Å²) in [5, 5.41) is 3.93. The van der Waals surface area contributed by atoms with Crippen LogP contribution in [0.3, 0.4) is 0 Å². The average Bonchev–Trinajstić information content (AvgIpc) is 2.58. The van der Waals surface area contributed by atoms with Crippen LogP contribution in [0.2, 0.25) is 0 Å². The van der Waals surface area contributed by atoms with Gasteiger partial charge in [-0.25, -0.2) is 9.64 Å². The fraction of sp³-hybridized carbons (Fsp3) is 0.182. The van der Waals surface area contributed by atoms with Gasteiger partial charge >= 0.3 is 5.76 Å². The van der Waals surface area contributed by atoms with Crippen LogP contribution in [0, 0.1) is 13.5 Å². The van der Waals surface area contributed by atoms with Crippen LogP contribution in [0.5, 0.6) is 0 Å². The van der Waals surface area contributed by atoms with Gasteiger partial charge in [-0.15, -0.1) is 5.10 Å². The highest BCUT2D eigenvalue weighted by molar-refractivity contribution is 5.63. The number of rotatable bonds is 1. The highest BCUT2D eigenvalue weighted by Gasteiger charge is 2.09. The number of nitrogens with zero attached hydrogens (tertiary/aromatic N) is 3. The molecule has 0 bridgehead atoms. The van der Waals surface area contributed by atoms with Crippen LogP contribution in [0.1, 0.15) is 5.56 Å². The quantitative estimate of drug-likeness (QED) is 0.682. The molecule has 0 radical (unpaired) electrons. The summed E-state index contributed by atoms with van der Waals surface area (Å²) in [6.45, 7) is 8.83. The Balaban J connectivity index is 2.60. The van der Waals surface area contributed by atoms with Crippen molar-refractivity contribution in [2.45, 2.75) is 6.92 Å². The molecule has 1 aromatic carbocycles. The Hall–Kier alpha value is -2.35. The molecule has 1 heterocycles. The van der Waals surface area contributed by atoms with Gasteiger partial charge in [0.2, 0.25) is 5.89 Å². The maximum absolute atomic E-state index is 11.1. The van der Waals surface area contributed by atoms with Gasteiger partial charge in [-0.3, -0.25) is 0 Å². The van der Waals surface area contributed by atoms with Gasteiger partial charge in [-0.05, 0) is 19.1 Å². The first-order chi connectivity index (χ1) is 7.60. The predicted molar refractivity (Wildman–Crippen MR) is 58.2 cm³/mol. The standard InChI is InChI=1S/C11H9N3O2/c1-7-4-8(6-9(5-7)12-2)10-13-14(3)11(15)16-10/h4-6H,1,3H3. The Kier molecular flexibility index (Phi) is 2.33. The molecule has 0 aliphatic heterocycles. The van der Waals surface area contributed by atoms with Crippen molar-refractivity contribution in [3.05, 3.63) is 45.7 Å². The van der Waals surface area contributed by atoms with Crippen molar-refractivity contribution in [3.8, 4) is 11.5 Å². The third-order valence-corrected chi connectivity index (χ3v) is 2.13. The molecule has 2 aromatic rings. The van der Waals surface area contributed by atoms with E-state index in [1.54, 1.807) is 12.1 Å². The number of aryl methyl sites for hydroxylation is 2. The molecule has 2 rings (SSSR count). The fourth-order valence-electron chi connectivity index (χ4n) is 1.41. The van der Waals surface area contributed by atoms with E-state index in [0.29, 0.717) is 11.3 Å². The van der Waals surface area contributed by atoms with Crippen LogP contribution in [-0.2, 0) is 7.05 Å². The van der Waals surface area contributed by atoms with Crippen molar-refractivity contribution < 1.29 is 4.42 Å². The molecule has 0 atom stereocenters. The minimum absolute atomic E-state index is 0.237. The Morgan fingerprint density at radius 1 is 1.44 bits per heavy atom. The fourth-order valence-corrected chi connectivity index (χ4v) is 1.41. The van der Waals surface area contributed by atoms with Gasteiger partial charge < -0.3 is 4.42 Å². The van der Waals surface area contributed by atoms with Gasteiger partial charge in [-0.2, -0.15) is 4.68 Å². The summed E-state index contributed by atoms with van der Waals surface area (Å²) in [7, 11) is 1.51. The Labute approximate surface area is 91.8 Å². The molecular formula is C11H9N3O2. The van der Waals surface area contributed by atoms with Crippen molar-refractivity contribution >= 4 is 5.69 Å². The third-order valence-electron chi connectivity index (χ3n) is 2.13. The van der Waals surface area contributed by atoms with E-state index in [2.05, 4.69) is 9.94 Å². The summed E-state index contributed by atoms with van der Waals surface area (Å²) in [6.07, 6.45) is 0. The SMILES string of the molecule is [C-]#[N+]c1cc(C)cc(-c2nn(C)c(=O)o2)c1. The van der Waals surface area contributed by atoms with E-state index in [4.69, 9.17) is 11.0 Å². The van der Waals surface area contributed by atoms with E-state index in [1.165, 1.54) is 7.05 Å². The van der Waals surface area contributed by atoms with E-state index in [0.717, 1.165) is 10.2 Å². The summed E-state index contributed by atoms with van der Waals surface area (Å²) < 4.78 is 6.07. The first-order valence-corrected chi connectivity index (χ1v) is 4.64. The molecule has 1 aromatic heterocycles. The second kappa shape index (κ2) is 3.66. The van der Waals surface area contributed by atoms with Crippen molar-refractivity contribution in [2.75, 3.05) is 0 Å². The van der Waals surface area contributed by atoms with E-state index < -0.39 is 5.76 Å². The molecule has 0 spiro atoms. The van der Waals surface area contributed by atoms with Crippen molar-refractivity contribution in [1.82, 2.24) is 9.78 Å². The van der Waals surface area contributed by atoms with E-state index in [9.17, 15) is 4.79 Å². The largest absolute Gasteiger partial charge is 0.437 e. The molecule has 0 unspecified atom stereocenters. The summed E-state index contributed by atoms with van der Waals surface area (Å²) >= 11 is 0. The molecule has 0 N–H and O–H groups in total. The zero-order chi connectivity index (χ0) is 11.7. The predicted octanol–water partition coefficient (Wildman–Crippen LogP) is 1.90.